The Morgan fingerprint density at radius 1 is 1.16 bits per heavy atom. The molecule has 132 valence electrons. The van der Waals surface area contributed by atoms with Gasteiger partial charge in [0.15, 0.2) is 6.61 Å². The normalized spacial score (nSPS) is 14.8. The number of hydrogen-bond acceptors (Lipinski definition) is 6. The number of benzene rings is 1. The highest BCUT2D eigenvalue weighted by Gasteiger charge is 2.24. The molecular weight excluding hydrogens is 322 g/mol. The van der Waals surface area contributed by atoms with E-state index in [0.29, 0.717) is 24.7 Å². The van der Waals surface area contributed by atoms with Gasteiger partial charge in [0, 0.05) is 38.2 Å². The lowest BCUT2D eigenvalue weighted by molar-refractivity contribution is -0.135. The predicted octanol–water partition coefficient (Wildman–Crippen LogP) is 1.93. The van der Waals surface area contributed by atoms with Gasteiger partial charge in [0.25, 0.3) is 5.91 Å². The van der Waals surface area contributed by atoms with Gasteiger partial charge in [0.1, 0.15) is 17.6 Å². The number of nitrogens with zero attached hydrogens (tertiary/aromatic N) is 3. The van der Waals surface area contributed by atoms with E-state index >= 15 is 0 Å². The van der Waals surface area contributed by atoms with E-state index in [-0.39, 0.29) is 18.6 Å². The molecule has 25 heavy (non-hydrogen) atoms. The minimum Gasteiger partial charge on any atom is -0.497 e. The highest BCUT2D eigenvalue weighted by molar-refractivity contribution is 5.77. The third kappa shape index (κ3) is 4.82. The summed E-state index contributed by atoms with van der Waals surface area (Å²) in [5.41, 5.74) is 0. The van der Waals surface area contributed by atoms with Crippen LogP contribution in [-0.4, -0.2) is 53.9 Å². The first-order valence-electron chi connectivity index (χ1n) is 8.23. The molecule has 7 nitrogen and oxygen atoms in total. The molecule has 2 heterocycles. The van der Waals surface area contributed by atoms with Gasteiger partial charge in [-0.3, -0.25) is 4.79 Å². The average molecular weight is 343 g/mol. The maximum atomic E-state index is 12.3. The smallest absolute Gasteiger partial charge is 0.260 e. The summed E-state index contributed by atoms with van der Waals surface area (Å²) in [6.45, 7) is 1.33. The van der Waals surface area contributed by atoms with Gasteiger partial charge < -0.3 is 19.1 Å². The van der Waals surface area contributed by atoms with Crippen LogP contribution < -0.4 is 14.2 Å². The molecule has 1 aliphatic heterocycles. The largest absolute Gasteiger partial charge is 0.497 e. The van der Waals surface area contributed by atoms with E-state index in [1.165, 1.54) is 0 Å². The van der Waals surface area contributed by atoms with Crippen molar-refractivity contribution in [1.82, 2.24) is 15.1 Å². The van der Waals surface area contributed by atoms with E-state index in [1.807, 2.05) is 0 Å². The molecule has 2 aromatic rings. The number of aromatic nitrogens is 2. The Balaban J connectivity index is 1.41. The number of amides is 1. The van der Waals surface area contributed by atoms with Gasteiger partial charge in [0.2, 0.25) is 5.88 Å². The van der Waals surface area contributed by atoms with E-state index < -0.39 is 0 Å². The van der Waals surface area contributed by atoms with Crippen LogP contribution in [0, 0.1) is 0 Å². The van der Waals surface area contributed by atoms with Crippen molar-refractivity contribution in [2.75, 3.05) is 26.8 Å². The van der Waals surface area contributed by atoms with Gasteiger partial charge in [-0.25, -0.2) is 0 Å². The summed E-state index contributed by atoms with van der Waals surface area (Å²) in [7, 11) is 1.61. The van der Waals surface area contributed by atoms with Crippen LogP contribution in [0.2, 0.25) is 0 Å². The molecule has 1 aromatic heterocycles. The van der Waals surface area contributed by atoms with E-state index in [1.54, 1.807) is 54.6 Å². The lowest BCUT2D eigenvalue weighted by Crippen LogP contribution is -2.43. The minimum absolute atomic E-state index is 0.0197. The predicted molar refractivity (Wildman–Crippen MR) is 90.8 cm³/mol. The summed E-state index contributed by atoms with van der Waals surface area (Å²) >= 11 is 0. The number of piperidine rings is 1. The van der Waals surface area contributed by atoms with E-state index in [2.05, 4.69) is 10.2 Å². The van der Waals surface area contributed by atoms with Crippen LogP contribution in [0.5, 0.6) is 17.4 Å². The Morgan fingerprint density at radius 3 is 2.52 bits per heavy atom. The fourth-order valence-corrected chi connectivity index (χ4v) is 2.65. The Kier molecular flexibility index (Phi) is 5.66. The number of carbonyl (C=O) groups excluding carboxylic acids is 1. The van der Waals surface area contributed by atoms with Gasteiger partial charge >= 0.3 is 0 Å². The molecule has 1 aliphatic rings. The molecule has 0 unspecified atom stereocenters. The molecule has 7 heteroatoms. The van der Waals surface area contributed by atoms with Crippen molar-refractivity contribution < 1.29 is 19.0 Å². The van der Waals surface area contributed by atoms with Gasteiger partial charge in [-0.1, -0.05) is 0 Å². The average Bonchev–Trinajstić information content (AvgIpc) is 2.68. The molecule has 0 spiro atoms. The van der Waals surface area contributed by atoms with Gasteiger partial charge in [0.05, 0.1) is 7.11 Å². The summed E-state index contributed by atoms with van der Waals surface area (Å²) in [5, 5.41) is 7.71. The van der Waals surface area contributed by atoms with Gasteiger partial charge in [-0.15, -0.1) is 5.10 Å². The second-order valence-electron chi connectivity index (χ2n) is 5.72. The maximum Gasteiger partial charge on any atom is 0.260 e. The molecule has 0 radical (unpaired) electrons. The standard InChI is InChI=1S/C18H21N3O4/c1-23-14-4-6-15(7-5-14)24-13-18(22)21-11-8-16(9-12-21)25-17-3-2-10-19-20-17/h2-7,10,16H,8-9,11-13H2,1H3. The van der Waals surface area contributed by atoms with Gasteiger partial charge in [-0.05, 0) is 30.3 Å². The zero-order chi connectivity index (χ0) is 17.5. The zero-order valence-corrected chi connectivity index (χ0v) is 14.1. The number of likely N-dealkylation sites (tertiary alicyclic amines) is 1. The lowest BCUT2D eigenvalue weighted by atomic mass is 10.1. The zero-order valence-electron chi connectivity index (χ0n) is 14.1. The van der Waals surface area contributed by atoms with Crippen LogP contribution in [0.4, 0.5) is 0 Å². The van der Waals surface area contributed by atoms with Crippen LogP contribution in [0.15, 0.2) is 42.6 Å². The van der Waals surface area contributed by atoms with Crippen LogP contribution in [0.1, 0.15) is 12.8 Å². The van der Waals surface area contributed by atoms with E-state index in [4.69, 9.17) is 14.2 Å². The van der Waals surface area contributed by atoms with Crippen molar-refractivity contribution >= 4 is 5.91 Å². The Bertz CT molecular complexity index is 670. The molecular formula is C18H21N3O4. The molecule has 3 rings (SSSR count). The first-order chi connectivity index (χ1) is 12.2. The molecule has 0 atom stereocenters. The Hall–Kier alpha value is -2.83. The second kappa shape index (κ2) is 8.32. The Labute approximate surface area is 146 Å². The third-order valence-electron chi connectivity index (χ3n) is 4.05. The van der Waals surface area contributed by atoms with Crippen LogP contribution in [-0.2, 0) is 4.79 Å². The summed E-state index contributed by atoms with van der Waals surface area (Å²) in [6.07, 6.45) is 3.20. The van der Waals surface area contributed by atoms with E-state index in [9.17, 15) is 4.79 Å². The molecule has 1 fully saturated rings. The SMILES string of the molecule is COc1ccc(OCC(=O)N2CCC(Oc3cccnn3)CC2)cc1. The van der Waals surface area contributed by atoms with Crippen LogP contribution in [0.25, 0.3) is 0 Å². The lowest BCUT2D eigenvalue weighted by Gasteiger charge is -2.31. The summed E-state index contributed by atoms with van der Waals surface area (Å²) in [6, 6.07) is 10.7. The first kappa shape index (κ1) is 17.0. The topological polar surface area (TPSA) is 73.8 Å². The van der Waals surface area contributed by atoms with Crippen molar-refractivity contribution in [3.63, 3.8) is 0 Å². The molecule has 0 saturated carbocycles. The molecule has 1 aromatic carbocycles. The number of hydrogen-bond donors (Lipinski definition) is 0. The van der Waals surface area contributed by atoms with Gasteiger partial charge in [-0.2, -0.15) is 5.10 Å². The highest BCUT2D eigenvalue weighted by atomic mass is 16.5. The monoisotopic (exact) mass is 343 g/mol. The molecule has 1 saturated heterocycles. The van der Waals surface area contributed by atoms with Crippen molar-refractivity contribution in [1.29, 1.82) is 0 Å². The van der Waals surface area contributed by atoms with Crippen molar-refractivity contribution in [2.24, 2.45) is 0 Å². The quantitative estimate of drug-likeness (QED) is 0.798. The molecule has 0 N–H and O–H groups in total. The summed E-state index contributed by atoms with van der Waals surface area (Å²) in [4.78, 5) is 14.1. The number of rotatable bonds is 6. The number of methoxy groups -OCH3 is 1. The van der Waals surface area contributed by atoms with Crippen molar-refractivity contribution in [3.8, 4) is 17.4 Å². The highest BCUT2D eigenvalue weighted by Crippen LogP contribution is 2.19. The Morgan fingerprint density at radius 2 is 1.88 bits per heavy atom. The number of carbonyl (C=O) groups is 1. The van der Waals surface area contributed by atoms with Crippen molar-refractivity contribution in [3.05, 3.63) is 42.6 Å². The number of ether oxygens (including phenoxy) is 3. The second-order valence-corrected chi connectivity index (χ2v) is 5.72. The first-order valence-corrected chi connectivity index (χ1v) is 8.23. The minimum atomic E-state index is -0.0197. The summed E-state index contributed by atoms with van der Waals surface area (Å²) in [5.74, 6) is 1.91. The summed E-state index contributed by atoms with van der Waals surface area (Å²) < 4.78 is 16.4. The molecule has 0 aliphatic carbocycles. The third-order valence-corrected chi connectivity index (χ3v) is 4.05. The van der Waals surface area contributed by atoms with Crippen molar-refractivity contribution in [2.45, 2.75) is 18.9 Å². The van der Waals surface area contributed by atoms with E-state index in [0.717, 1.165) is 18.6 Å². The fourth-order valence-electron chi connectivity index (χ4n) is 2.65. The maximum absolute atomic E-state index is 12.3. The van der Waals surface area contributed by atoms with Crippen LogP contribution in [0.3, 0.4) is 0 Å². The molecule has 1 amide bonds. The fraction of sp³-hybridized carbons (Fsp3) is 0.389. The van der Waals surface area contributed by atoms with Crippen LogP contribution >= 0.6 is 0 Å². The molecule has 0 bridgehead atoms.